The van der Waals surface area contributed by atoms with E-state index in [9.17, 15) is 13.2 Å². The van der Waals surface area contributed by atoms with Crippen molar-refractivity contribution in [1.82, 2.24) is 9.97 Å². The molecule has 0 aliphatic carbocycles. The SMILES string of the molecule is Cc1cccc(Nc2cc(C(F)(F)F)nc(NCCCO)n2)c1C. The number of aromatic nitrogens is 2. The van der Waals surface area contributed by atoms with Gasteiger partial charge in [-0.2, -0.15) is 18.2 Å². The van der Waals surface area contributed by atoms with Crippen LogP contribution in [0.4, 0.5) is 30.6 Å². The molecule has 0 saturated carbocycles. The quantitative estimate of drug-likeness (QED) is 0.700. The predicted octanol–water partition coefficient (Wildman–Crippen LogP) is 3.65. The van der Waals surface area contributed by atoms with Gasteiger partial charge in [0.05, 0.1) is 0 Å². The Balaban J connectivity index is 2.33. The Morgan fingerprint density at radius 1 is 1.17 bits per heavy atom. The second-order valence-electron chi connectivity index (χ2n) is 5.34. The zero-order chi connectivity index (χ0) is 17.7. The summed E-state index contributed by atoms with van der Waals surface area (Å²) in [6.07, 6.45) is -4.19. The van der Waals surface area contributed by atoms with Crippen LogP contribution >= 0.6 is 0 Å². The zero-order valence-corrected chi connectivity index (χ0v) is 13.4. The summed E-state index contributed by atoms with van der Waals surface area (Å²) in [7, 11) is 0. The standard InChI is InChI=1S/C16H19F3N4O/c1-10-5-3-6-12(11(10)2)21-14-9-13(16(17,18)19)22-15(23-14)20-7-4-8-24/h3,5-6,9,24H,4,7-8H2,1-2H3,(H2,20,21,22,23). The Kier molecular flexibility index (Phi) is 5.61. The van der Waals surface area contributed by atoms with Crippen LogP contribution in [0.3, 0.4) is 0 Å². The first-order valence-electron chi connectivity index (χ1n) is 7.45. The molecule has 130 valence electrons. The number of halogens is 3. The molecule has 0 fully saturated rings. The van der Waals surface area contributed by atoms with Gasteiger partial charge in [-0.15, -0.1) is 0 Å². The van der Waals surface area contributed by atoms with Crippen molar-refractivity contribution in [2.45, 2.75) is 26.4 Å². The average Bonchev–Trinajstić information content (AvgIpc) is 2.51. The lowest BCUT2D eigenvalue weighted by Gasteiger charge is -2.14. The van der Waals surface area contributed by atoms with E-state index in [1.165, 1.54) is 0 Å². The van der Waals surface area contributed by atoms with Gasteiger partial charge in [0.1, 0.15) is 5.82 Å². The predicted molar refractivity (Wildman–Crippen MR) is 86.4 cm³/mol. The van der Waals surface area contributed by atoms with Crippen molar-refractivity contribution < 1.29 is 18.3 Å². The molecule has 2 aromatic rings. The summed E-state index contributed by atoms with van der Waals surface area (Å²) < 4.78 is 39.1. The number of hydrogen-bond acceptors (Lipinski definition) is 5. The minimum atomic E-state index is -4.57. The third kappa shape index (κ3) is 4.58. The van der Waals surface area contributed by atoms with Crippen LogP contribution in [-0.4, -0.2) is 28.2 Å². The summed E-state index contributed by atoms with van der Waals surface area (Å²) in [4.78, 5) is 7.56. The summed E-state index contributed by atoms with van der Waals surface area (Å²) in [5, 5.41) is 14.4. The highest BCUT2D eigenvalue weighted by atomic mass is 19.4. The van der Waals surface area contributed by atoms with Crippen molar-refractivity contribution in [3.8, 4) is 0 Å². The second kappa shape index (κ2) is 7.48. The molecule has 0 atom stereocenters. The van der Waals surface area contributed by atoms with Crippen LogP contribution < -0.4 is 10.6 Å². The molecular weight excluding hydrogens is 321 g/mol. The fraction of sp³-hybridized carbons (Fsp3) is 0.375. The Bertz CT molecular complexity index is 704. The van der Waals surface area contributed by atoms with Crippen LogP contribution in [0.5, 0.6) is 0 Å². The van der Waals surface area contributed by atoms with Gasteiger partial charge in [0.25, 0.3) is 0 Å². The van der Waals surface area contributed by atoms with Gasteiger partial charge in [0, 0.05) is 24.9 Å². The highest BCUT2D eigenvalue weighted by Gasteiger charge is 2.33. The van der Waals surface area contributed by atoms with Gasteiger partial charge in [-0.25, -0.2) is 4.98 Å². The fourth-order valence-electron chi connectivity index (χ4n) is 2.04. The lowest BCUT2D eigenvalue weighted by molar-refractivity contribution is -0.141. The number of benzene rings is 1. The molecule has 2 rings (SSSR count). The number of aliphatic hydroxyl groups is 1. The van der Waals surface area contributed by atoms with Gasteiger partial charge in [0.15, 0.2) is 5.69 Å². The smallest absolute Gasteiger partial charge is 0.396 e. The number of alkyl halides is 3. The number of aliphatic hydroxyl groups excluding tert-OH is 1. The van der Waals surface area contributed by atoms with E-state index < -0.39 is 11.9 Å². The number of aryl methyl sites for hydroxylation is 1. The Morgan fingerprint density at radius 2 is 1.92 bits per heavy atom. The van der Waals surface area contributed by atoms with Crippen molar-refractivity contribution in [2.24, 2.45) is 0 Å². The molecule has 0 unspecified atom stereocenters. The van der Waals surface area contributed by atoms with Gasteiger partial charge in [-0.05, 0) is 37.5 Å². The molecule has 0 saturated heterocycles. The Morgan fingerprint density at radius 3 is 2.58 bits per heavy atom. The third-order valence-electron chi connectivity index (χ3n) is 3.50. The number of nitrogens with zero attached hydrogens (tertiary/aromatic N) is 2. The van der Waals surface area contributed by atoms with Crippen LogP contribution in [0.25, 0.3) is 0 Å². The fourth-order valence-corrected chi connectivity index (χ4v) is 2.04. The van der Waals surface area contributed by atoms with Crippen LogP contribution in [0.2, 0.25) is 0 Å². The van der Waals surface area contributed by atoms with Gasteiger partial charge < -0.3 is 15.7 Å². The summed E-state index contributed by atoms with van der Waals surface area (Å²) in [6, 6.07) is 6.38. The molecule has 24 heavy (non-hydrogen) atoms. The van der Waals surface area contributed by atoms with E-state index in [0.717, 1.165) is 17.2 Å². The number of anilines is 3. The van der Waals surface area contributed by atoms with Crippen molar-refractivity contribution in [1.29, 1.82) is 0 Å². The largest absolute Gasteiger partial charge is 0.433 e. The number of hydrogen-bond donors (Lipinski definition) is 3. The molecular formula is C16H19F3N4O. The van der Waals surface area contributed by atoms with Gasteiger partial charge >= 0.3 is 6.18 Å². The number of nitrogens with one attached hydrogen (secondary N) is 2. The van der Waals surface area contributed by atoms with Crippen molar-refractivity contribution in [2.75, 3.05) is 23.8 Å². The molecule has 3 N–H and O–H groups in total. The average molecular weight is 340 g/mol. The molecule has 0 radical (unpaired) electrons. The normalized spacial score (nSPS) is 11.4. The summed E-state index contributed by atoms with van der Waals surface area (Å²) >= 11 is 0. The van der Waals surface area contributed by atoms with E-state index in [1.54, 1.807) is 6.07 Å². The molecule has 0 spiro atoms. The second-order valence-corrected chi connectivity index (χ2v) is 5.34. The Hall–Kier alpha value is -2.35. The van der Waals surface area contributed by atoms with Gasteiger partial charge in [0.2, 0.25) is 5.95 Å². The van der Waals surface area contributed by atoms with Gasteiger partial charge in [-0.1, -0.05) is 12.1 Å². The zero-order valence-electron chi connectivity index (χ0n) is 13.4. The first-order chi connectivity index (χ1) is 11.3. The molecule has 5 nitrogen and oxygen atoms in total. The first kappa shape index (κ1) is 18.0. The topological polar surface area (TPSA) is 70.1 Å². The van der Waals surface area contributed by atoms with E-state index in [1.807, 2.05) is 26.0 Å². The van der Waals surface area contributed by atoms with Crippen molar-refractivity contribution >= 4 is 17.5 Å². The van der Waals surface area contributed by atoms with Crippen LogP contribution in [-0.2, 0) is 6.18 Å². The maximum Gasteiger partial charge on any atom is 0.433 e. The van der Waals surface area contributed by atoms with E-state index in [-0.39, 0.29) is 24.9 Å². The Labute approximate surface area is 138 Å². The molecule has 0 aliphatic rings. The van der Waals surface area contributed by atoms with Crippen LogP contribution in [0.1, 0.15) is 23.2 Å². The lowest BCUT2D eigenvalue weighted by atomic mass is 10.1. The van der Waals surface area contributed by atoms with Crippen molar-refractivity contribution in [3.05, 3.63) is 41.1 Å². The third-order valence-corrected chi connectivity index (χ3v) is 3.50. The van der Waals surface area contributed by atoms with E-state index in [4.69, 9.17) is 5.11 Å². The molecule has 1 aromatic heterocycles. The van der Waals surface area contributed by atoms with E-state index in [0.29, 0.717) is 12.1 Å². The monoisotopic (exact) mass is 340 g/mol. The molecule has 1 heterocycles. The molecule has 1 aromatic carbocycles. The summed E-state index contributed by atoms with van der Waals surface area (Å²) in [5.74, 6) is -0.0800. The lowest BCUT2D eigenvalue weighted by Crippen LogP contribution is -2.14. The van der Waals surface area contributed by atoms with Gasteiger partial charge in [-0.3, -0.25) is 0 Å². The van der Waals surface area contributed by atoms with Crippen molar-refractivity contribution in [3.63, 3.8) is 0 Å². The molecule has 0 aliphatic heterocycles. The molecule has 8 heteroatoms. The minimum absolute atomic E-state index is 0.0533. The first-order valence-corrected chi connectivity index (χ1v) is 7.45. The number of rotatable bonds is 6. The van der Waals surface area contributed by atoms with E-state index >= 15 is 0 Å². The highest BCUT2D eigenvalue weighted by Crippen LogP contribution is 2.31. The summed E-state index contributed by atoms with van der Waals surface area (Å²) in [6.45, 7) is 4.01. The minimum Gasteiger partial charge on any atom is -0.396 e. The highest BCUT2D eigenvalue weighted by molar-refractivity contribution is 5.63. The maximum absolute atomic E-state index is 13.0. The maximum atomic E-state index is 13.0. The summed E-state index contributed by atoms with van der Waals surface area (Å²) in [5.41, 5.74) is 1.60. The molecule has 0 bridgehead atoms. The van der Waals surface area contributed by atoms with Crippen LogP contribution in [0, 0.1) is 13.8 Å². The molecule has 0 amide bonds. The van der Waals surface area contributed by atoms with Crippen LogP contribution in [0.15, 0.2) is 24.3 Å². The van der Waals surface area contributed by atoms with E-state index in [2.05, 4.69) is 20.6 Å².